The van der Waals surface area contributed by atoms with Crippen LogP contribution in [-0.4, -0.2) is 33.6 Å². The standard InChI is InChI=1S/C10H22O3/c1-5-7(11)9(13)8(12)6-10(2,3)4/h7-9,11-13H,5-6H2,1-4H3. The van der Waals surface area contributed by atoms with Gasteiger partial charge >= 0.3 is 0 Å². The Balaban J connectivity index is 4.03. The molecule has 0 aliphatic rings. The number of aliphatic hydroxyl groups excluding tert-OH is 3. The molecule has 0 bridgehead atoms. The van der Waals surface area contributed by atoms with E-state index in [1.807, 2.05) is 20.8 Å². The van der Waals surface area contributed by atoms with E-state index in [9.17, 15) is 15.3 Å². The lowest BCUT2D eigenvalue weighted by Crippen LogP contribution is -2.39. The lowest BCUT2D eigenvalue weighted by atomic mass is 9.86. The summed E-state index contributed by atoms with van der Waals surface area (Å²) in [7, 11) is 0. The van der Waals surface area contributed by atoms with Crippen LogP contribution in [0.15, 0.2) is 0 Å². The lowest BCUT2D eigenvalue weighted by Gasteiger charge is -2.27. The van der Waals surface area contributed by atoms with Crippen molar-refractivity contribution >= 4 is 0 Å². The molecule has 0 aromatic rings. The van der Waals surface area contributed by atoms with Crippen molar-refractivity contribution in [3.8, 4) is 0 Å². The Kier molecular flexibility index (Phi) is 4.89. The Morgan fingerprint density at radius 1 is 1.00 bits per heavy atom. The molecule has 0 saturated carbocycles. The maximum atomic E-state index is 9.54. The van der Waals surface area contributed by atoms with Gasteiger partial charge in [-0.1, -0.05) is 27.7 Å². The Bertz CT molecular complexity index is 140. The first-order valence-corrected chi connectivity index (χ1v) is 4.82. The predicted molar refractivity (Wildman–Crippen MR) is 52.4 cm³/mol. The van der Waals surface area contributed by atoms with Gasteiger partial charge in [-0.15, -0.1) is 0 Å². The molecule has 0 heterocycles. The smallest absolute Gasteiger partial charge is 0.106 e. The van der Waals surface area contributed by atoms with Gasteiger partial charge in [0.1, 0.15) is 6.10 Å². The molecule has 0 aromatic heterocycles. The fourth-order valence-electron chi connectivity index (χ4n) is 1.25. The zero-order valence-electron chi connectivity index (χ0n) is 8.99. The quantitative estimate of drug-likeness (QED) is 0.617. The van der Waals surface area contributed by atoms with Crippen LogP contribution in [0.2, 0.25) is 0 Å². The Morgan fingerprint density at radius 3 is 1.77 bits per heavy atom. The molecule has 0 rings (SSSR count). The first kappa shape index (κ1) is 12.9. The number of hydrogen-bond acceptors (Lipinski definition) is 3. The highest BCUT2D eigenvalue weighted by Gasteiger charge is 2.27. The van der Waals surface area contributed by atoms with Crippen LogP contribution >= 0.6 is 0 Å². The monoisotopic (exact) mass is 190 g/mol. The topological polar surface area (TPSA) is 60.7 Å². The SMILES string of the molecule is CCC(O)C(O)C(O)CC(C)(C)C. The summed E-state index contributed by atoms with van der Waals surface area (Å²) in [5.41, 5.74) is -0.0339. The van der Waals surface area contributed by atoms with Gasteiger partial charge in [-0.05, 0) is 18.3 Å². The van der Waals surface area contributed by atoms with Crippen LogP contribution in [0.25, 0.3) is 0 Å². The van der Waals surface area contributed by atoms with Crippen molar-refractivity contribution in [3.05, 3.63) is 0 Å². The molecular formula is C10H22O3. The zero-order valence-corrected chi connectivity index (χ0v) is 8.99. The minimum absolute atomic E-state index is 0.0339. The summed E-state index contributed by atoms with van der Waals surface area (Å²) in [5.74, 6) is 0. The summed E-state index contributed by atoms with van der Waals surface area (Å²) in [6.45, 7) is 7.74. The summed E-state index contributed by atoms with van der Waals surface area (Å²) in [6.07, 6.45) is -1.73. The van der Waals surface area contributed by atoms with Crippen LogP contribution in [-0.2, 0) is 0 Å². The van der Waals surface area contributed by atoms with E-state index < -0.39 is 18.3 Å². The molecular weight excluding hydrogens is 168 g/mol. The molecule has 3 unspecified atom stereocenters. The summed E-state index contributed by atoms with van der Waals surface area (Å²) in [5, 5.41) is 28.3. The number of hydrogen-bond donors (Lipinski definition) is 3. The Morgan fingerprint density at radius 2 is 1.46 bits per heavy atom. The molecule has 13 heavy (non-hydrogen) atoms. The van der Waals surface area contributed by atoms with E-state index in [4.69, 9.17) is 0 Å². The van der Waals surface area contributed by atoms with Crippen LogP contribution < -0.4 is 0 Å². The van der Waals surface area contributed by atoms with Crippen molar-refractivity contribution < 1.29 is 15.3 Å². The fraction of sp³-hybridized carbons (Fsp3) is 1.00. The molecule has 0 aliphatic heterocycles. The van der Waals surface area contributed by atoms with Gasteiger partial charge in [0.2, 0.25) is 0 Å². The van der Waals surface area contributed by atoms with Crippen molar-refractivity contribution in [3.63, 3.8) is 0 Å². The molecule has 0 radical (unpaired) electrons. The molecule has 3 N–H and O–H groups in total. The normalized spacial score (nSPS) is 19.6. The van der Waals surface area contributed by atoms with E-state index in [0.29, 0.717) is 12.8 Å². The van der Waals surface area contributed by atoms with E-state index >= 15 is 0 Å². The maximum absolute atomic E-state index is 9.54. The molecule has 3 heteroatoms. The lowest BCUT2D eigenvalue weighted by molar-refractivity contribution is -0.0717. The Labute approximate surface area is 80.4 Å². The molecule has 80 valence electrons. The molecule has 0 amide bonds. The Hall–Kier alpha value is -0.120. The van der Waals surface area contributed by atoms with Gasteiger partial charge in [0.15, 0.2) is 0 Å². The number of aliphatic hydroxyl groups is 3. The van der Waals surface area contributed by atoms with Crippen molar-refractivity contribution in [2.75, 3.05) is 0 Å². The van der Waals surface area contributed by atoms with E-state index in [1.165, 1.54) is 0 Å². The minimum Gasteiger partial charge on any atom is -0.390 e. The summed E-state index contributed by atoms with van der Waals surface area (Å²) < 4.78 is 0. The summed E-state index contributed by atoms with van der Waals surface area (Å²) in [4.78, 5) is 0. The van der Waals surface area contributed by atoms with E-state index in [-0.39, 0.29) is 5.41 Å². The molecule has 0 aliphatic carbocycles. The van der Waals surface area contributed by atoms with E-state index in [2.05, 4.69) is 0 Å². The van der Waals surface area contributed by atoms with Crippen molar-refractivity contribution in [1.82, 2.24) is 0 Å². The van der Waals surface area contributed by atoms with Crippen LogP contribution in [0.1, 0.15) is 40.5 Å². The second-order valence-corrected chi connectivity index (χ2v) is 4.80. The van der Waals surface area contributed by atoms with Crippen LogP contribution in [0.4, 0.5) is 0 Å². The van der Waals surface area contributed by atoms with Gasteiger partial charge in [0.05, 0.1) is 12.2 Å². The highest BCUT2D eigenvalue weighted by Crippen LogP contribution is 2.23. The van der Waals surface area contributed by atoms with E-state index in [0.717, 1.165) is 0 Å². The largest absolute Gasteiger partial charge is 0.390 e. The van der Waals surface area contributed by atoms with Crippen LogP contribution in [0.5, 0.6) is 0 Å². The second-order valence-electron chi connectivity index (χ2n) is 4.80. The molecule has 3 nitrogen and oxygen atoms in total. The third-order valence-electron chi connectivity index (χ3n) is 2.03. The van der Waals surface area contributed by atoms with Crippen LogP contribution in [0, 0.1) is 5.41 Å². The third kappa shape index (κ3) is 5.24. The average molecular weight is 190 g/mol. The van der Waals surface area contributed by atoms with Gasteiger partial charge < -0.3 is 15.3 Å². The van der Waals surface area contributed by atoms with Crippen LogP contribution in [0.3, 0.4) is 0 Å². The van der Waals surface area contributed by atoms with E-state index in [1.54, 1.807) is 6.92 Å². The van der Waals surface area contributed by atoms with Gasteiger partial charge in [0.25, 0.3) is 0 Å². The molecule has 3 atom stereocenters. The zero-order chi connectivity index (χ0) is 10.6. The second kappa shape index (κ2) is 4.94. The molecule has 0 saturated heterocycles. The maximum Gasteiger partial charge on any atom is 0.106 e. The predicted octanol–water partition coefficient (Wildman–Crippen LogP) is 0.915. The van der Waals surface area contributed by atoms with Crippen molar-refractivity contribution in [2.24, 2.45) is 5.41 Å². The van der Waals surface area contributed by atoms with Crippen molar-refractivity contribution in [1.29, 1.82) is 0 Å². The summed E-state index contributed by atoms with van der Waals surface area (Å²) in [6, 6.07) is 0. The van der Waals surface area contributed by atoms with Crippen molar-refractivity contribution in [2.45, 2.75) is 58.8 Å². The first-order chi connectivity index (χ1) is 5.78. The summed E-state index contributed by atoms with van der Waals surface area (Å²) >= 11 is 0. The highest BCUT2D eigenvalue weighted by molar-refractivity contribution is 4.78. The molecule has 0 fully saturated rings. The fourth-order valence-corrected chi connectivity index (χ4v) is 1.25. The van der Waals surface area contributed by atoms with Gasteiger partial charge in [-0.25, -0.2) is 0 Å². The third-order valence-corrected chi connectivity index (χ3v) is 2.03. The minimum atomic E-state index is -1.02. The van der Waals surface area contributed by atoms with Gasteiger partial charge in [-0.3, -0.25) is 0 Å². The van der Waals surface area contributed by atoms with Gasteiger partial charge in [-0.2, -0.15) is 0 Å². The molecule has 0 aromatic carbocycles. The first-order valence-electron chi connectivity index (χ1n) is 4.82. The average Bonchev–Trinajstić information content (AvgIpc) is 1.98. The number of rotatable bonds is 4. The van der Waals surface area contributed by atoms with Gasteiger partial charge in [0, 0.05) is 0 Å². The highest BCUT2D eigenvalue weighted by atomic mass is 16.4. The molecule has 0 spiro atoms.